The summed E-state index contributed by atoms with van der Waals surface area (Å²) < 4.78 is 10.7. The number of carboxylic acid groups (broad SMARTS) is 1. The molecule has 0 saturated carbocycles. The maximum Gasteiger partial charge on any atom is 0.306 e. The second-order valence-electron chi connectivity index (χ2n) is 6.29. The number of ether oxygens (including phenoxy) is 2. The number of methoxy groups -OCH3 is 1. The summed E-state index contributed by atoms with van der Waals surface area (Å²) in [6.07, 6.45) is -0.268. The molecule has 0 aliphatic rings. The van der Waals surface area contributed by atoms with Gasteiger partial charge >= 0.3 is 5.97 Å². The number of carboxylic acids is 1. The number of aliphatic carboxylic acids is 1. The molecule has 0 saturated heterocycles. The van der Waals surface area contributed by atoms with Gasteiger partial charge in [0, 0.05) is 0 Å². The van der Waals surface area contributed by atoms with E-state index in [1.807, 2.05) is 25.1 Å². The summed E-state index contributed by atoms with van der Waals surface area (Å²) in [6.45, 7) is 3.39. The second kappa shape index (κ2) is 8.38. The Kier molecular flexibility index (Phi) is 6.22. The Hall–Kier alpha value is -3.02. The van der Waals surface area contributed by atoms with Crippen LogP contribution in [0.25, 0.3) is 0 Å². The molecular weight excluding hydrogens is 334 g/mol. The van der Waals surface area contributed by atoms with Crippen LogP contribution in [0.2, 0.25) is 0 Å². The van der Waals surface area contributed by atoms with E-state index < -0.39 is 17.4 Å². The Labute approximate surface area is 152 Å². The smallest absolute Gasteiger partial charge is 0.306 e. The Morgan fingerprint density at radius 3 is 2.46 bits per heavy atom. The molecule has 0 bridgehead atoms. The van der Waals surface area contributed by atoms with Crippen LogP contribution in [0.15, 0.2) is 48.5 Å². The van der Waals surface area contributed by atoms with E-state index in [1.54, 1.807) is 37.3 Å². The highest BCUT2D eigenvalue weighted by Crippen LogP contribution is 2.28. The number of hydrogen-bond donors (Lipinski definition) is 2. The monoisotopic (exact) mass is 357 g/mol. The third-order valence-electron chi connectivity index (χ3n) is 3.99. The molecule has 0 spiro atoms. The van der Waals surface area contributed by atoms with Crippen LogP contribution in [-0.2, 0) is 15.1 Å². The van der Waals surface area contributed by atoms with Gasteiger partial charge in [0.2, 0.25) is 0 Å². The van der Waals surface area contributed by atoms with Gasteiger partial charge in [0.25, 0.3) is 5.91 Å². The van der Waals surface area contributed by atoms with Gasteiger partial charge in [0.05, 0.1) is 19.1 Å². The molecule has 0 radical (unpaired) electrons. The van der Waals surface area contributed by atoms with E-state index in [-0.39, 0.29) is 13.0 Å². The van der Waals surface area contributed by atoms with Gasteiger partial charge < -0.3 is 19.9 Å². The van der Waals surface area contributed by atoms with Gasteiger partial charge in [-0.1, -0.05) is 24.3 Å². The van der Waals surface area contributed by atoms with Crippen LogP contribution in [0.5, 0.6) is 11.5 Å². The molecule has 0 aromatic heterocycles. The lowest BCUT2D eigenvalue weighted by Gasteiger charge is -2.30. The van der Waals surface area contributed by atoms with E-state index in [2.05, 4.69) is 5.32 Å². The van der Waals surface area contributed by atoms with Gasteiger partial charge in [-0.3, -0.25) is 9.59 Å². The molecule has 0 aliphatic heterocycles. The molecule has 1 atom stereocenters. The maximum absolute atomic E-state index is 12.4. The van der Waals surface area contributed by atoms with Crippen molar-refractivity contribution >= 4 is 11.9 Å². The van der Waals surface area contributed by atoms with E-state index in [1.165, 1.54) is 7.11 Å². The van der Waals surface area contributed by atoms with Crippen molar-refractivity contribution in [2.75, 3.05) is 13.7 Å². The fourth-order valence-electron chi connectivity index (χ4n) is 2.68. The second-order valence-corrected chi connectivity index (χ2v) is 6.29. The van der Waals surface area contributed by atoms with E-state index >= 15 is 0 Å². The fourth-order valence-corrected chi connectivity index (χ4v) is 2.68. The zero-order chi connectivity index (χ0) is 19.2. The van der Waals surface area contributed by atoms with Crippen molar-refractivity contribution in [1.29, 1.82) is 0 Å². The molecule has 2 rings (SSSR count). The number of aryl methyl sites for hydroxylation is 1. The topological polar surface area (TPSA) is 84.9 Å². The SMILES string of the molecule is COc1cccc(C(C)(CC(=O)O)NC(=O)COc2cccc(C)c2)c1. The van der Waals surface area contributed by atoms with Crippen molar-refractivity contribution in [3.63, 3.8) is 0 Å². The third kappa shape index (κ3) is 5.24. The summed E-state index contributed by atoms with van der Waals surface area (Å²) in [5.41, 5.74) is 0.575. The number of amides is 1. The van der Waals surface area contributed by atoms with Gasteiger partial charge in [-0.05, 0) is 49.2 Å². The lowest BCUT2D eigenvalue weighted by Crippen LogP contribution is -2.46. The average Bonchev–Trinajstić information content (AvgIpc) is 2.59. The molecule has 0 heterocycles. The molecule has 2 aromatic carbocycles. The van der Waals surface area contributed by atoms with Crippen molar-refractivity contribution in [1.82, 2.24) is 5.32 Å². The minimum Gasteiger partial charge on any atom is -0.497 e. The van der Waals surface area contributed by atoms with E-state index in [4.69, 9.17) is 9.47 Å². The highest BCUT2D eigenvalue weighted by molar-refractivity contribution is 5.80. The van der Waals surface area contributed by atoms with Crippen LogP contribution in [0.1, 0.15) is 24.5 Å². The predicted molar refractivity (Wildman–Crippen MR) is 97.4 cm³/mol. The molecule has 0 aliphatic carbocycles. The van der Waals surface area contributed by atoms with E-state index in [9.17, 15) is 14.7 Å². The first-order valence-electron chi connectivity index (χ1n) is 8.19. The molecule has 2 N–H and O–H groups in total. The normalized spacial score (nSPS) is 12.7. The molecule has 6 nitrogen and oxygen atoms in total. The zero-order valence-corrected chi connectivity index (χ0v) is 15.1. The number of hydrogen-bond acceptors (Lipinski definition) is 4. The summed E-state index contributed by atoms with van der Waals surface area (Å²) in [4.78, 5) is 23.7. The van der Waals surface area contributed by atoms with Crippen molar-refractivity contribution < 1.29 is 24.2 Å². The third-order valence-corrected chi connectivity index (χ3v) is 3.99. The van der Waals surface area contributed by atoms with Gasteiger partial charge in [0.15, 0.2) is 6.61 Å². The summed E-state index contributed by atoms with van der Waals surface area (Å²) in [7, 11) is 1.53. The minimum absolute atomic E-state index is 0.206. The van der Waals surface area contributed by atoms with Crippen molar-refractivity contribution in [3.8, 4) is 11.5 Å². The van der Waals surface area contributed by atoms with Crippen molar-refractivity contribution in [3.05, 3.63) is 59.7 Å². The largest absolute Gasteiger partial charge is 0.497 e. The van der Waals surface area contributed by atoms with E-state index in [0.717, 1.165) is 5.56 Å². The number of benzene rings is 2. The number of carbonyl (C=O) groups is 2. The first-order chi connectivity index (χ1) is 12.3. The van der Waals surface area contributed by atoms with Gasteiger partial charge in [-0.2, -0.15) is 0 Å². The molecule has 6 heteroatoms. The summed E-state index contributed by atoms with van der Waals surface area (Å²) in [5.74, 6) is -0.251. The highest BCUT2D eigenvalue weighted by atomic mass is 16.5. The summed E-state index contributed by atoms with van der Waals surface area (Å²) in [5, 5.41) is 12.1. The first kappa shape index (κ1) is 19.3. The molecule has 0 fully saturated rings. The minimum atomic E-state index is -1.09. The predicted octanol–water partition coefficient (Wildman–Crippen LogP) is 2.89. The van der Waals surface area contributed by atoms with Crippen LogP contribution < -0.4 is 14.8 Å². The standard InChI is InChI=1S/C20H23NO5/c1-14-6-4-9-17(10-14)26-13-18(22)21-20(2,12-19(23)24)15-7-5-8-16(11-15)25-3/h4-11H,12-13H2,1-3H3,(H,21,22)(H,23,24). The number of rotatable bonds is 8. The van der Waals surface area contributed by atoms with Crippen LogP contribution in [-0.4, -0.2) is 30.7 Å². The lowest BCUT2D eigenvalue weighted by atomic mass is 9.88. The van der Waals surface area contributed by atoms with Crippen LogP contribution in [0.4, 0.5) is 0 Å². The Morgan fingerprint density at radius 2 is 1.81 bits per heavy atom. The quantitative estimate of drug-likeness (QED) is 0.759. The van der Waals surface area contributed by atoms with Gasteiger partial charge in [-0.15, -0.1) is 0 Å². The fraction of sp³-hybridized carbons (Fsp3) is 0.300. The Bertz CT molecular complexity index is 789. The summed E-state index contributed by atoms with van der Waals surface area (Å²) >= 11 is 0. The van der Waals surface area contributed by atoms with Crippen LogP contribution >= 0.6 is 0 Å². The Morgan fingerprint density at radius 1 is 1.12 bits per heavy atom. The molecule has 1 amide bonds. The lowest BCUT2D eigenvalue weighted by molar-refractivity contribution is -0.139. The van der Waals surface area contributed by atoms with Crippen molar-refractivity contribution in [2.24, 2.45) is 0 Å². The summed E-state index contributed by atoms with van der Waals surface area (Å²) in [6, 6.07) is 14.3. The first-order valence-corrected chi connectivity index (χ1v) is 8.19. The number of nitrogens with one attached hydrogen (secondary N) is 1. The molecule has 26 heavy (non-hydrogen) atoms. The van der Waals surface area contributed by atoms with Crippen molar-refractivity contribution in [2.45, 2.75) is 25.8 Å². The van der Waals surface area contributed by atoms with Crippen LogP contribution in [0.3, 0.4) is 0 Å². The molecule has 2 aromatic rings. The average molecular weight is 357 g/mol. The Balaban J connectivity index is 2.13. The number of carbonyl (C=O) groups excluding carboxylic acids is 1. The van der Waals surface area contributed by atoms with Gasteiger partial charge in [0.1, 0.15) is 11.5 Å². The van der Waals surface area contributed by atoms with E-state index in [0.29, 0.717) is 17.1 Å². The highest BCUT2D eigenvalue weighted by Gasteiger charge is 2.32. The zero-order valence-electron chi connectivity index (χ0n) is 15.1. The molecule has 1 unspecified atom stereocenters. The molecular formula is C20H23NO5. The molecule has 138 valence electrons. The van der Waals surface area contributed by atoms with Gasteiger partial charge in [-0.25, -0.2) is 0 Å². The van der Waals surface area contributed by atoms with Crippen LogP contribution in [0, 0.1) is 6.92 Å². The maximum atomic E-state index is 12.4.